The number of amides is 1. The molecular weight excluding hydrogens is 296 g/mol. The second-order valence-electron chi connectivity index (χ2n) is 5.97. The van der Waals surface area contributed by atoms with E-state index in [1.165, 1.54) is 0 Å². The van der Waals surface area contributed by atoms with Gasteiger partial charge in [-0.25, -0.2) is 9.97 Å². The second kappa shape index (κ2) is 7.31. The van der Waals surface area contributed by atoms with Crippen LogP contribution in [0.25, 0.3) is 0 Å². The topological polar surface area (TPSA) is 49.3 Å². The fourth-order valence-corrected chi connectivity index (χ4v) is 4.00. The highest BCUT2D eigenvalue weighted by Crippen LogP contribution is 2.23. The maximum Gasteiger partial charge on any atom is 0.227 e. The van der Waals surface area contributed by atoms with E-state index < -0.39 is 0 Å². The Balaban J connectivity index is 1.64. The lowest BCUT2D eigenvalue weighted by atomic mass is 9.96. The van der Waals surface area contributed by atoms with Crippen molar-refractivity contribution in [3.63, 3.8) is 0 Å². The first-order valence-electron chi connectivity index (χ1n) is 8.20. The SMILES string of the molecule is CCc1cnc(N2CCCC(C(=O)N3CCSCC3)C2)nc1. The lowest BCUT2D eigenvalue weighted by Gasteiger charge is -2.36. The minimum absolute atomic E-state index is 0.103. The molecule has 2 saturated heterocycles. The van der Waals surface area contributed by atoms with Gasteiger partial charge in [0.25, 0.3) is 0 Å². The van der Waals surface area contributed by atoms with Crippen LogP contribution in [0, 0.1) is 5.92 Å². The van der Waals surface area contributed by atoms with E-state index in [0.29, 0.717) is 5.91 Å². The molecule has 120 valence electrons. The summed E-state index contributed by atoms with van der Waals surface area (Å²) in [5, 5.41) is 0. The van der Waals surface area contributed by atoms with E-state index in [0.717, 1.165) is 68.5 Å². The van der Waals surface area contributed by atoms with Crippen molar-refractivity contribution in [2.24, 2.45) is 5.92 Å². The van der Waals surface area contributed by atoms with Crippen molar-refractivity contribution in [1.82, 2.24) is 14.9 Å². The molecule has 0 radical (unpaired) electrons. The van der Waals surface area contributed by atoms with E-state index in [1.54, 1.807) is 0 Å². The predicted molar refractivity (Wildman–Crippen MR) is 90.3 cm³/mol. The zero-order valence-electron chi connectivity index (χ0n) is 13.2. The maximum absolute atomic E-state index is 12.7. The minimum atomic E-state index is 0.103. The molecule has 0 aromatic carbocycles. The highest BCUT2D eigenvalue weighted by atomic mass is 32.2. The van der Waals surface area contributed by atoms with E-state index >= 15 is 0 Å². The number of hydrogen-bond donors (Lipinski definition) is 0. The number of carbonyl (C=O) groups excluding carboxylic acids is 1. The molecule has 0 bridgehead atoms. The normalized spacial score (nSPS) is 22.7. The molecule has 1 unspecified atom stereocenters. The summed E-state index contributed by atoms with van der Waals surface area (Å²) in [6.07, 6.45) is 6.78. The van der Waals surface area contributed by atoms with E-state index in [1.807, 2.05) is 29.1 Å². The summed E-state index contributed by atoms with van der Waals surface area (Å²) in [4.78, 5) is 25.8. The Morgan fingerprint density at radius 2 is 2.00 bits per heavy atom. The first-order valence-corrected chi connectivity index (χ1v) is 9.36. The molecule has 5 nitrogen and oxygen atoms in total. The molecule has 0 aliphatic carbocycles. The van der Waals surface area contributed by atoms with Gasteiger partial charge in [-0.2, -0.15) is 11.8 Å². The predicted octanol–water partition coefficient (Wildman–Crippen LogP) is 1.83. The van der Waals surface area contributed by atoms with Gasteiger partial charge in [0, 0.05) is 50.1 Å². The van der Waals surface area contributed by atoms with Crippen molar-refractivity contribution in [2.75, 3.05) is 42.6 Å². The molecule has 0 saturated carbocycles. The highest BCUT2D eigenvalue weighted by Gasteiger charge is 2.30. The van der Waals surface area contributed by atoms with Gasteiger partial charge in [-0.3, -0.25) is 4.79 Å². The van der Waals surface area contributed by atoms with Gasteiger partial charge in [0.05, 0.1) is 5.92 Å². The van der Waals surface area contributed by atoms with Crippen LogP contribution in [0.4, 0.5) is 5.95 Å². The van der Waals surface area contributed by atoms with Crippen LogP contribution < -0.4 is 4.90 Å². The van der Waals surface area contributed by atoms with Gasteiger partial charge in [-0.15, -0.1) is 0 Å². The molecule has 2 fully saturated rings. The molecule has 1 aromatic rings. The van der Waals surface area contributed by atoms with Gasteiger partial charge in [-0.1, -0.05) is 6.92 Å². The Bertz CT molecular complexity index is 501. The fourth-order valence-electron chi connectivity index (χ4n) is 3.10. The number of aromatic nitrogens is 2. The third-order valence-electron chi connectivity index (χ3n) is 4.48. The number of anilines is 1. The molecule has 0 spiro atoms. The Labute approximate surface area is 136 Å². The number of rotatable bonds is 3. The monoisotopic (exact) mass is 320 g/mol. The Morgan fingerprint density at radius 1 is 1.27 bits per heavy atom. The summed E-state index contributed by atoms with van der Waals surface area (Å²) >= 11 is 1.94. The molecule has 0 N–H and O–H groups in total. The molecule has 2 aliphatic heterocycles. The van der Waals surface area contributed by atoms with Crippen LogP contribution in [0.15, 0.2) is 12.4 Å². The number of nitrogens with zero attached hydrogens (tertiary/aromatic N) is 4. The van der Waals surface area contributed by atoms with Gasteiger partial charge in [-0.05, 0) is 24.8 Å². The Hall–Kier alpha value is -1.30. The third-order valence-corrected chi connectivity index (χ3v) is 5.42. The molecule has 1 aromatic heterocycles. The van der Waals surface area contributed by atoms with Crippen LogP contribution in [0.2, 0.25) is 0 Å². The third kappa shape index (κ3) is 3.54. The summed E-state index contributed by atoms with van der Waals surface area (Å²) in [6, 6.07) is 0. The maximum atomic E-state index is 12.7. The fraction of sp³-hybridized carbons (Fsp3) is 0.688. The van der Waals surface area contributed by atoms with Crippen molar-refractivity contribution < 1.29 is 4.79 Å². The second-order valence-corrected chi connectivity index (χ2v) is 7.19. The van der Waals surface area contributed by atoms with Crippen LogP contribution in [-0.4, -0.2) is 58.5 Å². The van der Waals surface area contributed by atoms with Crippen LogP contribution in [0.5, 0.6) is 0 Å². The van der Waals surface area contributed by atoms with E-state index in [2.05, 4.69) is 21.8 Å². The van der Waals surface area contributed by atoms with Crippen LogP contribution in [0.1, 0.15) is 25.3 Å². The Kier molecular flexibility index (Phi) is 5.18. The molecule has 22 heavy (non-hydrogen) atoms. The van der Waals surface area contributed by atoms with Crippen molar-refractivity contribution in [3.8, 4) is 0 Å². The molecule has 1 atom stereocenters. The van der Waals surface area contributed by atoms with Crippen molar-refractivity contribution in [1.29, 1.82) is 0 Å². The zero-order chi connectivity index (χ0) is 15.4. The highest BCUT2D eigenvalue weighted by molar-refractivity contribution is 7.99. The van der Waals surface area contributed by atoms with Crippen LogP contribution in [0.3, 0.4) is 0 Å². The van der Waals surface area contributed by atoms with Crippen molar-refractivity contribution in [3.05, 3.63) is 18.0 Å². The first-order chi connectivity index (χ1) is 10.8. The summed E-state index contributed by atoms with van der Waals surface area (Å²) in [5.41, 5.74) is 1.15. The van der Waals surface area contributed by atoms with Crippen LogP contribution >= 0.6 is 11.8 Å². The lowest BCUT2D eigenvalue weighted by Crippen LogP contribution is -2.47. The van der Waals surface area contributed by atoms with Gasteiger partial charge < -0.3 is 9.80 Å². The van der Waals surface area contributed by atoms with E-state index in [4.69, 9.17) is 0 Å². The van der Waals surface area contributed by atoms with Crippen molar-refractivity contribution >= 4 is 23.6 Å². The minimum Gasteiger partial charge on any atom is -0.341 e. The standard InChI is InChI=1S/C16H24N4OS/c1-2-13-10-17-16(18-11-13)20-5-3-4-14(12-20)15(21)19-6-8-22-9-7-19/h10-11,14H,2-9,12H2,1H3. The van der Waals surface area contributed by atoms with Gasteiger partial charge >= 0.3 is 0 Å². The smallest absolute Gasteiger partial charge is 0.227 e. The lowest BCUT2D eigenvalue weighted by molar-refractivity contribution is -0.135. The molecule has 3 heterocycles. The number of hydrogen-bond acceptors (Lipinski definition) is 5. The van der Waals surface area contributed by atoms with E-state index in [-0.39, 0.29) is 5.92 Å². The average Bonchev–Trinajstić information content (AvgIpc) is 2.62. The van der Waals surface area contributed by atoms with Gasteiger partial charge in [0.2, 0.25) is 11.9 Å². The summed E-state index contributed by atoms with van der Waals surface area (Å²) in [6.45, 7) is 5.62. The summed E-state index contributed by atoms with van der Waals surface area (Å²) in [7, 11) is 0. The first kappa shape index (κ1) is 15.6. The molecule has 2 aliphatic rings. The number of carbonyl (C=O) groups is 1. The number of thioether (sulfide) groups is 1. The quantitative estimate of drug-likeness (QED) is 0.850. The molecular formula is C16H24N4OS. The largest absolute Gasteiger partial charge is 0.341 e. The molecule has 6 heteroatoms. The molecule has 3 rings (SSSR count). The van der Waals surface area contributed by atoms with Gasteiger partial charge in [0.1, 0.15) is 0 Å². The van der Waals surface area contributed by atoms with Gasteiger partial charge in [0.15, 0.2) is 0 Å². The molecule has 1 amide bonds. The van der Waals surface area contributed by atoms with Crippen LogP contribution in [-0.2, 0) is 11.2 Å². The average molecular weight is 320 g/mol. The summed E-state index contributed by atoms with van der Waals surface area (Å²) < 4.78 is 0. The number of aryl methyl sites for hydroxylation is 1. The van der Waals surface area contributed by atoms with E-state index in [9.17, 15) is 4.79 Å². The Morgan fingerprint density at radius 3 is 2.68 bits per heavy atom. The zero-order valence-corrected chi connectivity index (χ0v) is 14.0. The van der Waals surface area contributed by atoms with Crippen molar-refractivity contribution in [2.45, 2.75) is 26.2 Å². The summed E-state index contributed by atoms with van der Waals surface area (Å²) in [5.74, 6) is 3.35. The number of piperidine rings is 1.